The monoisotopic (exact) mass is 400 g/mol. The number of rotatable bonds is 6. The van der Waals surface area contributed by atoms with Crippen molar-refractivity contribution in [3.05, 3.63) is 96.1 Å². The quantitative estimate of drug-likeness (QED) is 0.437. The molecule has 0 aliphatic carbocycles. The zero-order valence-corrected chi connectivity index (χ0v) is 19.2. The molecule has 0 spiro atoms. The summed E-state index contributed by atoms with van der Waals surface area (Å²) in [6, 6.07) is 30.5. The van der Waals surface area contributed by atoms with Crippen LogP contribution in [0.4, 0.5) is 11.4 Å². The maximum atomic E-state index is 3.74. The summed E-state index contributed by atoms with van der Waals surface area (Å²) in [6.45, 7) is 13.7. The highest BCUT2D eigenvalue weighted by atomic mass is 14.9. The van der Waals surface area contributed by atoms with Crippen LogP contribution in [-0.2, 0) is 0 Å². The van der Waals surface area contributed by atoms with Gasteiger partial charge in [-0.05, 0) is 46.2 Å². The summed E-state index contributed by atoms with van der Waals surface area (Å²) in [6.07, 6.45) is 0. The van der Waals surface area contributed by atoms with E-state index in [1.165, 1.54) is 11.1 Å². The Morgan fingerprint density at radius 1 is 0.467 bits per heavy atom. The lowest BCUT2D eigenvalue weighted by atomic mass is 9.79. The number of hydrogen-bond donors (Lipinski definition) is 2. The van der Waals surface area contributed by atoms with E-state index in [0.717, 1.165) is 11.4 Å². The molecule has 0 radical (unpaired) electrons. The summed E-state index contributed by atoms with van der Waals surface area (Å²) < 4.78 is 0. The minimum atomic E-state index is 0.0864. The SMILES string of the molecule is CC(C)(C)C(Nc1ccccc1)c1ccc(C(Nc2ccccc2)C(C)(C)C)cc1. The van der Waals surface area contributed by atoms with Gasteiger partial charge in [0.25, 0.3) is 0 Å². The minimum Gasteiger partial charge on any atom is -0.378 e. The van der Waals surface area contributed by atoms with Gasteiger partial charge in [0.05, 0.1) is 12.1 Å². The number of hydrogen-bond acceptors (Lipinski definition) is 2. The van der Waals surface area contributed by atoms with E-state index >= 15 is 0 Å². The van der Waals surface area contributed by atoms with Gasteiger partial charge in [0, 0.05) is 11.4 Å². The third kappa shape index (κ3) is 5.66. The maximum Gasteiger partial charge on any atom is 0.0562 e. The van der Waals surface area contributed by atoms with E-state index in [0.29, 0.717) is 0 Å². The second-order valence-electron chi connectivity index (χ2n) is 10.3. The zero-order chi connectivity index (χ0) is 21.8. The lowest BCUT2D eigenvalue weighted by Crippen LogP contribution is -2.27. The lowest BCUT2D eigenvalue weighted by molar-refractivity contribution is 0.343. The second-order valence-corrected chi connectivity index (χ2v) is 10.3. The van der Waals surface area contributed by atoms with Crippen molar-refractivity contribution in [2.45, 2.75) is 53.6 Å². The standard InChI is InChI=1S/C28H36N2/c1-27(2,3)25(29-23-13-9-7-10-14-23)21-17-19-22(20-18-21)26(28(4,5)6)30-24-15-11-8-12-16-24/h7-20,25-26,29-30H,1-6H3. The Morgan fingerprint density at radius 3 is 1.03 bits per heavy atom. The third-order valence-corrected chi connectivity index (χ3v) is 5.50. The molecule has 0 saturated heterocycles. The normalized spacial score (nSPS) is 14.1. The molecule has 3 rings (SSSR count). The molecule has 0 heterocycles. The van der Waals surface area contributed by atoms with Gasteiger partial charge in [0.15, 0.2) is 0 Å². The number of nitrogens with one attached hydrogen (secondary N) is 2. The Kier molecular flexibility index (Phi) is 6.55. The molecule has 2 nitrogen and oxygen atoms in total. The van der Waals surface area contributed by atoms with Crippen molar-refractivity contribution in [3.63, 3.8) is 0 Å². The van der Waals surface area contributed by atoms with Crippen LogP contribution in [0.1, 0.15) is 64.8 Å². The van der Waals surface area contributed by atoms with Gasteiger partial charge in [0.1, 0.15) is 0 Å². The molecule has 3 aromatic rings. The third-order valence-electron chi connectivity index (χ3n) is 5.50. The molecular weight excluding hydrogens is 364 g/mol. The molecule has 0 saturated carbocycles. The van der Waals surface area contributed by atoms with E-state index in [9.17, 15) is 0 Å². The van der Waals surface area contributed by atoms with Crippen molar-refractivity contribution in [2.75, 3.05) is 10.6 Å². The fourth-order valence-corrected chi connectivity index (χ4v) is 3.88. The van der Waals surface area contributed by atoms with Gasteiger partial charge in [-0.1, -0.05) is 102 Å². The van der Waals surface area contributed by atoms with Gasteiger partial charge in [-0.15, -0.1) is 0 Å². The Hall–Kier alpha value is -2.74. The van der Waals surface area contributed by atoms with Crippen molar-refractivity contribution < 1.29 is 0 Å². The van der Waals surface area contributed by atoms with Crippen molar-refractivity contribution in [1.82, 2.24) is 0 Å². The zero-order valence-electron chi connectivity index (χ0n) is 19.2. The molecule has 2 N–H and O–H groups in total. The first-order chi connectivity index (χ1) is 14.1. The Labute approximate surface area is 182 Å². The van der Waals surface area contributed by atoms with E-state index in [1.807, 2.05) is 0 Å². The largest absolute Gasteiger partial charge is 0.378 e. The highest BCUT2D eigenvalue weighted by molar-refractivity contribution is 5.48. The highest BCUT2D eigenvalue weighted by Gasteiger charge is 2.29. The van der Waals surface area contributed by atoms with Crippen molar-refractivity contribution in [2.24, 2.45) is 10.8 Å². The molecule has 3 aromatic carbocycles. The molecule has 0 fully saturated rings. The average Bonchev–Trinajstić information content (AvgIpc) is 2.70. The molecule has 0 bridgehead atoms. The first-order valence-corrected chi connectivity index (χ1v) is 10.9. The number of anilines is 2. The van der Waals surface area contributed by atoms with Crippen molar-refractivity contribution in [3.8, 4) is 0 Å². The van der Waals surface area contributed by atoms with E-state index in [1.54, 1.807) is 0 Å². The first-order valence-electron chi connectivity index (χ1n) is 10.9. The van der Waals surface area contributed by atoms with E-state index in [2.05, 4.69) is 137 Å². The van der Waals surface area contributed by atoms with Crippen LogP contribution in [0.15, 0.2) is 84.9 Å². The van der Waals surface area contributed by atoms with Crippen LogP contribution in [0.25, 0.3) is 0 Å². The van der Waals surface area contributed by atoms with Gasteiger partial charge in [-0.2, -0.15) is 0 Å². The molecule has 158 valence electrons. The molecule has 2 unspecified atom stereocenters. The summed E-state index contributed by atoms with van der Waals surface area (Å²) in [4.78, 5) is 0. The molecule has 0 amide bonds. The highest BCUT2D eigenvalue weighted by Crippen LogP contribution is 2.39. The van der Waals surface area contributed by atoms with Crippen molar-refractivity contribution in [1.29, 1.82) is 0 Å². The first kappa shape index (κ1) is 22.0. The molecule has 30 heavy (non-hydrogen) atoms. The molecule has 2 atom stereocenters. The molecule has 0 aromatic heterocycles. The fourth-order valence-electron chi connectivity index (χ4n) is 3.88. The molecular formula is C28H36N2. The Bertz CT molecular complexity index is 822. The smallest absolute Gasteiger partial charge is 0.0562 e. The average molecular weight is 401 g/mol. The number of benzene rings is 3. The van der Waals surface area contributed by atoms with Gasteiger partial charge < -0.3 is 10.6 Å². The van der Waals surface area contributed by atoms with Gasteiger partial charge >= 0.3 is 0 Å². The van der Waals surface area contributed by atoms with E-state index in [-0.39, 0.29) is 22.9 Å². The van der Waals surface area contributed by atoms with Crippen LogP contribution >= 0.6 is 0 Å². The Morgan fingerprint density at radius 2 is 0.767 bits per heavy atom. The van der Waals surface area contributed by atoms with Crippen LogP contribution < -0.4 is 10.6 Å². The molecule has 0 aliphatic rings. The fraction of sp³-hybridized carbons (Fsp3) is 0.357. The summed E-state index contributed by atoms with van der Waals surface area (Å²) in [7, 11) is 0. The van der Waals surface area contributed by atoms with Crippen LogP contribution in [-0.4, -0.2) is 0 Å². The van der Waals surface area contributed by atoms with E-state index < -0.39 is 0 Å². The van der Waals surface area contributed by atoms with E-state index in [4.69, 9.17) is 0 Å². The van der Waals surface area contributed by atoms with Crippen LogP contribution in [0.3, 0.4) is 0 Å². The molecule has 0 aliphatic heterocycles. The predicted octanol–water partition coefficient (Wildman–Crippen LogP) is 8.09. The topological polar surface area (TPSA) is 24.1 Å². The number of para-hydroxylation sites is 2. The van der Waals surface area contributed by atoms with Crippen LogP contribution in [0, 0.1) is 10.8 Å². The second kappa shape index (κ2) is 8.95. The summed E-state index contributed by atoms with van der Waals surface area (Å²) in [5.41, 5.74) is 5.09. The van der Waals surface area contributed by atoms with Crippen molar-refractivity contribution >= 4 is 11.4 Å². The molecule has 2 heteroatoms. The van der Waals surface area contributed by atoms with Gasteiger partial charge in [0.2, 0.25) is 0 Å². The van der Waals surface area contributed by atoms with Gasteiger partial charge in [-0.3, -0.25) is 0 Å². The predicted molar refractivity (Wildman–Crippen MR) is 131 cm³/mol. The van der Waals surface area contributed by atoms with Gasteiger partial charge in [-0.25, -0.2) is 0 Å². The lowest BCUT2D eigenvalue weighted by Gasteiger charge is -2.35. The summed E-state index contributed by atoms with van der Waals surface area (Å²) >= 11 is 0. The Balaban J connectivity index is 1.88. The van der Waals surface area contributed by atoms with Crippen LogP contribution in [0.2, 0.25) is 0 Å². The minimum absolute atomic E-state index is 0.0864. The van der Waals surface area contributed by atoms with Crippen LogP contribution in [0.5, 0.6) is 0 Å². The summed E-state index contributed by atoms with van der Waals surface area (Å²) in [5, 5.41) is 7.48. The maximum absolute atomic E-state index is 3.74. The summed E-state index contributed by atoms with van der Waals surface area (Å²) in [5.74, 6) is 0.